The Morgan fingerprint density at radius 3 is 2.81 bits per heavy atom. The summed E-state index contributed by atoms with van der Waals surface area (Å²) in [5.74, 6) is 1.13. The summed E-state index contributed by atoms with van der Waals surface area (Å²) < 4.78 is 5.11. The molecular weight excluding hydrogens is 360 g/mol. The Hall–Kier alpha value is -3.45. The van der Waals surface area contributed by atoms with Gasteiger partial charge in [0.15, 0.2) is 17.3 Å². The van der Waals surface area contributed by atoms with Crippen LogP contribution in [-0.4, -0.2) is 28.4 Å². The number of methoxy groups -OCH3 is 1. The third-order valence-corrected chi connectivity index (χ3v) is 4.93. The number of nitrogens with zero attached hydrogens (tertiary/aromatic N) is 3. The molecule has 0 aliphatic carbocycles. The van der Waals surface area contributed by atoms with Gasteiger partial charge >= 0.3 is 0 Å². The molecule has 0 saturated heterocycles. The van der Waals surface area contributed by atoms with Crippen molar-refractivity contribution in [2.75, 3.05) is 12.5 Å². The highest BCUT2D eigenvalue weighted by Gasteiger charge is 2.12. The number of phenols is 1. The standard InChI is InChI=1S/C20H16N4O2S/c1-26-17-9-13(7-8-16(17)25)10-23-24-19-18-15(14-5-3-2-4-6-14)11-27-20(18)22-12-21-19/h2-12,25H,1H3,(H,21,22,24). The maximum atomic E-state index is 9.67. The summed E-state index contributed by atoms with van der Waals surface area (Å²) in [7, 11) is 1.51. The molecule has 2 aromatic carbocycles. The van der Waals surface area contributed by atoms with E-state index < -0.39 is 0 Å². The Morgan fingerprint density at radius 2 is 2.00 bits per heavy atom. The first-order chi connectivity index (χ1) is 13.3. The van der Waals surface area contributed by atoms with E-state index in [0.717, 1.165) is 26.9 Å². The summed E-state index contributed by atoms with van der Waals surface area (Å²) in [6, 6.07) is 15.1. The van der Waals surface area contributed by atoms with Crippen LogP contribution in [0.3, 0.4) is 0 Å². The zero-order valence-corrected chi connectivity index (χ0v) is 15.3. The summed E-state index contributed by atoms with van der Waals surface area (Å²) in [5.41, 5.74) is 5.97. The van der Waals surface area contributed by atoms with E-state index in [1.54, 1.807) is 35.8 Å². The SMILES string of the molecule is COc1cc(C=NNc2ncnc3scc(-c4ccccc4)c23)ccc1O. The van der Waals surface area contributed by atoms with E-state index in [9.17, 15) is 5.11 Å². The Balaban J connectivity index is 1.65. The normalized spacial score (nSPS) is 11.1. The number of aromatic nitrogens is 2. The van der Waals surface area contributed by atoms with Crippen LogP contribution in [-0.2, 0) is 0 Å². The van der Waals surface area contributed by atoms with Crippen molar-refractivity contribution >= 4 is 33.6 Å². The molecule has 0 atom stereocenters. The number of thiophene rings is 1. The molecule has 0 unspecified atom stereocenters. The second-order valence-corrected chi connectivity index (χ2v) is 6.58. The van der Waals surface area contributed by atoms with Gasteiger partial charge in [-0.25, -0.2) is 9.97 Å². The molecule has 0 spiro atoms. The molecular formula is C20H16N4O2S. The molecule has 0 amide bonds. The number of hydrazone groups is 1. The first-order valence-corrected chi connectivity index (χ1v) is 9.08. The Morgan fingerprint density at radius 1 is 1.15 bits per heavy atom. The summed E-state index contributed by atoms with van der Waals surface area (Å²) >= 11 is 1.57. The third kappa shape index (κ3) is 3.45. The second kappa shape index (κ2) is 7.43. The van der Waals surface area contributed by atoms with Crippen LogP contribution >= 0.6 is 11.3 Å². The van der Waals surface area contributed by atoms with Gasteiger partial charge < -0.3 is 9.84 Å². The molecule has 0 aliphatic heterocycles. The maximum absolute atomic E-state index is 9.67. The van der Waals surface area contributed by atoms with E-state index in [1.165, 1.54) is 13.4 Å². The van der Waals surface area contributed by atoms with Crippen LogP contribution in [0.25, 0.3) is 21.3 Å². The van der Waals surface area contributed by atoms with Gasteiger partial charge in [0.1, 0.15) is 11.2 Å². The van der Waals surface area contributed by atoms with Gasteiger partial charge in [0.05, 0.1) is 18.7 Å². The Bertz CT molecular complexity index is 1110. The fourth-order valence-corrected chi connectivity index (χ4v) is 3.65. The van der Waals surface area contributed by atoms with Crippen LogP contribution in [0.15, 0.2) is 65.3 Å². The molecule has 7 heteroatoms. The fraction of sp³-hybridized carbons (Fsp3) is 0.0500. The van der Waals surface area contributed by atoms with E-state index in [4.69, 9.17) is 4.74 Å². The van der Waals surface area contributed by atoms with E-state index >= 15 is 0 Å². The molecule has 0 saturated carbocycles. The number of benzene rings is 2. The minimum absolute atomic E-state index is 0.0888. The highest BCUT2D eigenvalue weighted by Crippen LogP contribution is 2.36. The van der Waals surface area contributed by atoms with E-state index in [-0.39, 0.29) is 5.75 Å². The van der Waals surface area contributed by atoms with Gasteiger partial charge in [-0.3, -0.25) is 5.43 Å². The van der Waals surface area contributed by atoms with Gasteiger partial charge in [0.25, 0.3) is 0 Å². The predicted molar refractivity (Wildman–Crippen MR) is 109 cm³/mol. The van der Waals surface area contributed by atoms with Crippen molar-refractivity contribution in [1.82, 2.24) is 9.97 Å². The first kappa shape index (κ1) is 17.0. The predicted octanol–water partition coefficient (Wildman–Crippen LogP) is 4.52. The lowest BCUT2D eigenvalue weighted by atomic mass is 10.1. The van der Waals surface area contributed by atoms with Crippen LogP contribution in [0.4, 0.5) is 5.82 Å². The summed E-state index contributed by atoms with van der Waals surface area (Å²) in [5, 5.41) is 17.0. The number of rotatable bonds is 5. The van der Waals surface area contributed by atoms with Gasteiger partial charge in [0, 0.05) is 10.9 Å². The molecule has 4 aromatic rings. The average Bonchev–Trinajstić information content (AvgIpc) is 3.15. The van der Waals surface area contributed by atoms with Crippen LogP contribution in [0, 0.1) is 0 Å². The van der Waals surface area contributed by atoms with Gasteiger partial charge in [0.2, 0.25) is 0 Å². The number of fused-ring (bicyclic) bond motifs is 1. The Kier molecular flexibility index (Phi) is 4.67. The smallest absolute Gasteiger partial charge is 0.161 e. The summed E-state index contributed by atoms with van der Waals surface area (Å²) in [6.07, 6.45) is 3.17. The molecule has 0 radical (unpaired) electrons. The topological polar surface area (TPSA) is 79.6 Å². The van der Waals surface area contributed by atoms with Crippen LogP contribution in [0.2, 0.25) is 0 Å². The minimum Gasteiger partial charge on any atom is -0.504 e. The van der Waals surface area contributed by atoms with Crippen molar-refractivity contribution in [1.29, 1.82) is 0 Å². The summed E-state index contributed by atoms with van der Waals surface area (Å²) in [6.45, 7) is 0. The van der Waals surface area contributed by atoms with E-state index in [2.05, 4.69) is 38.0 Å². The zero-order valence-electron chi connectivity index (χ0n) is 14.5. The van der Waals surface area contributed by atoms with Crippen molar-refractivity contribution in [2.24, 2.45) is 5.10 Å². The number of hydrogen-bond acceptors (Lipinski definition) is 7. The lowest BCUT2D eigenvalue weighted by Crippen LogP contribution is -1.96. The largest absolute Gasteiger partial charge is 0.504 e. The van der Waals surface area contributed by atoms with Crippen molar-refractivity contribution in [3.05, 3.63) is 65.8 Å². The van der Waals surface area contributed by atoms with Crippen LogP contribution in [0.5, 0.6) is 11.5 Å². The molecule has 2 N–H and O–H groups in total. The van der Waals surface area contributed by atoms with E-state index in [0.29, 0.717) is 11.6 Å². The molecule has 0 aliphatic rings. The van der Waals surface area contributed by atoms with Gasteiger partial charge in [-0.05, 0) is 29.3 Å². The number of nitrogens with one attached hydrogen (secondary N) is 1. The van der Waals surface area contributed by atoms with Crippen molar-refractivity contribution in [2.45, 2.75) is 0 Å². The summed E-state index contributed by atoms with van der Waals surface area (Å²) in [4.78, 5) is 9.60. The van der Waals surface area contributed by atoms with Gasteiger partial charge in [-0.15, -0.1) is 11.3 Å². The fourth-order valence-electron chi connectivity index (χ4n) is 2.73. The third-order valence-electron chi connectivity index (χ3n) is 4.04. The molecule has 2 heterocycles. The quantitative estimate of drug-likeness (QED) is 0.395. The zero-order chi connectivity index (χ0) is 18.6. The molecule has 27 heavy (non-hydrogen) atoms. The first-order valence-electron chi connectivity index (χ1n) is 8.20. The lowest BCUT2D eigenvalue weighted by molar-refractivity contribution is 0.373. The van der Waals surface area contributed by atoms with E-state index in [1.807, 2.05) is 18.2 Å². The molecule has 2 aromatic heterocycles. The van der Waals surface area contributed by atoms with Crippen molar-refractivity contribution in [3.63, 3.8) is 0 Å². The molecule has 4 rings (SSSR count). The molecule has 0 fully saturated rings. The van der Waals surface area contributed by atoms with Crippen molar-refractivity contribution < 1.29 is 9.84 Å². The molecule has 134 valence electrons. The lowest BCUT2D eigenvalue weighted by Gasteiger charge is -2.05. The minimum atomic E-state index is 0.0888. The number of anilines is 1. The number of phenolic OH excluding ortho intramolecular Hbond substituents is 1. The van der Waals surface area contributed by atoms with Gasteiger partial charge in [-0.1, -0.05) is 30.3 Å². The van der Waals surface area contributed by atoms with Gasteiger partial charge in [-0.2, -0.15) is 5.10 Å². The number of ether oxygens (including phenoxy) is 1. The van der Waals surface area contributed by atoms with Crippen molar-refractivity contribution in [3.8, 4) is 22.6 Å². The number of hydrogen-bond donors (Lipinski definition) is 2. The molecule has 6 nitrogen and oxygen atoms in total. The average molecular weight is 376 g/mol. The number of aromatic hydroxyl groups is 1. The highest BCUT2D eigenvalue weighted by atomic mass is 32.1. The van der Waals surface area contributed by atoms with Crippen LogP contribution < -0.4 is 10.2 Å². The second-order valence-electron chi connectivity index (χ2n) is 5.72. The Labute approximate surface area is 159 Å². The maximum Gasteiger partial charge on any atom is 0.161 e. The van der Waals surface area contributed by atoms with Crippen LogP contribution in [0.1, 0.15) is 5.56 Å². The molecule has 0 bridgehead atoms. The highest BCUT2D eigenvalue weighted by molar-refractivity contribution is 7.17. The monoisotopic (exact) mass is 376 g/mol.